The number of Topliss-reactive ketones (excluding diaryl/α,β-unsaturated/α-hetero) is 1. The third-order valence-electron chi connectivity index (χ3n) is 3.39. The maximum atomic E-state index is 12.3. The van der Waals surface area contributed by atoms with E-state index < -0.39 is 12.1 Å². The van der Waals surface area contributed by atoms with E-state index in [4.69, 9.17) is 10.00 Å². The molecule has 0 radical (unpaired) electrons. The molecular formula is C19H16N2O4. The van der Waals surface area contributed by atoms with E-state index in [1.54, 1.807) is 24.3 Å². The molecule has 0 aromatic heterocycles. The minimum atomic E-state index is -0.963. The molecule has 25 heavy (non-hydrogen) atoms. The van der Waals surface area contributed by atoms with E-state index in [-0.39, 0.29) is 17.3 Å². The fraction of sp³-hybridized carbons (Fsp3) is 0.158. The maximum Gasteiger partial charge on any atom is 0.338 e. The summed E-state index contributed by atoms with van der Waals surface area (Å²) in [5.41, 5.74) is 1.64. The molecule has 1 N–H and O–H groups in total. The van der Waals surface area contributed by atoms with Gasteiger partial charge in [-0.1, -0.05) is 0 Å². The third-order valence-corrected chi connectivity index (χ3v) is 3.39. The van der Waals surface area contributed by atoms with Crippen LogP contribution in [-0.2, 0) is 9.53 Å². The molecule has 0 spiro atoms. The van der Waals surface area contributed by atoms with Crippen LogP contribution in [0.15, 0.2) is 48.5 Å². The van der Waals surface area contributed by atoms with Gasteiger partial charge in [0.05, 0.1) is 17.2 Å². The molecule has 2 aromatic carbocycles. The van der Waals surface area contributed by atoms with Crippen LogP contribution in [-0.4, -0.2) is 23.8 Å². The molecule has 126 valence electrons. The Morgan fingerprint density at radius 2 is 1.56 bits per heavy atom. The standard InChI is InChI=1S/C19H16N2O4/c1-12(25-19(24)16-5-3-14(11-20)4-6-16)18(23)15-7-9-17(10-8-15)21-13(2)22/h3-10,12H,1-2H3,(H,21,22)/t12-/m0/s1. The van der Waals surface area contributed by atoms with Crippen molar-refractivity contribution >= 4 is 23.3 Å². The highest BCUT2D eigenvalue weighted by Gasteiger charge is 2.20. The van der Waals surface area contributed by atoms with Gasteiger partial charge in [0.25, 0.3) is 0 Å². The van der Waals surface area contributed by atoms with Gasteiger partial charge in [-0.2, -0.15) is 5.26 Å². The SMILES string of the molecule is CC(=O)Nc1ccc(C(=O)[C@H](C)OC(=O)c2ccc(C#N)cc2)cc1. The zero-order valence-electron chi connectivity index (χ0n) is 13.8. The van der Waals surface area contributed by atoms with E-state index in [9.17, 15) is 14.4 Å². The average molecular weight is 336 g/mol. The number of rotatable bonds is 5. The first-order chi connectivity index (χ1) is 11.9. The molecule has 0 aliphatic heterocycles. The maximum absolute atomic E-state index is 12.3. The van der Waals surface area contributed by atoms with Gasteiger partial charge in [-0.05, 0) is 55.5 Å². The Balaban J connectivity index is 2.02. The van der Waals surface area contributed by atoms with E-state index in [0.717, 1.165) is 0 Å². The number of carbonyl (C=O) groups is 3. The van der Waals surface area contributed by atoms with Gasteiger partial charge in [0.2, 0.25) is 11.7 Å². The first-order valence-electron chi connectivity index (χ1n) is 7.53. The van der Waals surface area contributed by atoms with Crippen molar-refractivity contribution in [1.29, 1.82) is 5.26 Å². The van der Waals surface area contributed by atoms with Gasteiger partial charge in [-0.3, -0.25) is 9.59 Å². The lowest BCUT2D eigenvalue weighted by molar-refractivity contribution is -0.114. The number of ketones is 1. The number of benzene rings is 2. The van der Waals surface area contributed by atoms with Gasteiger partial charge in [-0.15, -0.1) is 0 Å². The number of hydrogen-bond donors (Lipinski definition) is 1. The molecule has 0 aliphatic carbocycles. The van der Waals surface area contributed by atoms with Crippen LogP contribution >= 0.6 is 0 Å². The molecule has 0 saturated heterocycles. The number of anilines is 1. The van der Waals surface area contributed by atoms with Crippen LogP contribution in [0.25, 0.3) is 0 Å². The Morgan fingerprint density at radius 1 is 1.00 bits per heavy atom. The summed E-state index contributed by atoms with van der Waals surface area (Å²) in [5, 5.41) is 11.3. The van der Waals surface area contributed by atoms with Gasteiger partial charge in [0.15, 0.2) is 6.10 Å². The first kappa shape index (κ1) is 17.9. The molecular weight excluding hydrogens is 320 g/mol. The summed E-state index contributed by atoms with van der Waals surface area (Å²) in [7, 11) is 0. The molecule has 1 amide bonds. The van der Waals surface area contributed by atoms with Gasteiger partial charge in [-0.25, -0.2) is 4.79 Å². The number of amides is 1. The van der Waals surface area contributed by atoms with Crippen LogP contribution in [0.4, 0.5) is 5.69 Å². The Hall–Kier alpha value is -3.46. The lowest BCUT2D eigenvalue weighted by atomic mass is 10.1. The van der Waals surface area contributed by atoms with Gasteiger partial charge >= 0.3 is 5.97 Å². The summed E-state index contributed by atoms with van der Waals surface area (Å²) in [6, 6.07) is 14.2. The summed E-state index contributed by atoms with van der Waals surface area (Å²) in [4.78, 5) is 35.4. The third kappa shape index (κ3) is 4.75. The predicted molar refractivity (Wildman–Crippen MR) is 91.1 cm³/mol. The quantitative estimate of drug-likeness (QED) is 0.669. The van der Waals surface area contributed by atoms with Crippen LogP contribution in [0.1, 0.15) is 40.1 Å². The molecule has 1 atom stereocenters. The zero-order valence-corrected chi connectivity index (χ0v) is 13.8. The van der Waals surface area contributed by atoms with Crippen molar-refractivity contribution in [2.24, 2.45) is 0 Å². The molecule has 0 aliphatic rings. The lowest BCUT2D eigenvalue weighted by Crippen LogP contribution is -2.24. The normalized spacial score (nSPS) is 11.1. The second-order valence-electron chi connectivity index (χ2n) is 5.36. The molecule has 0 heterocycles. The van der Waals surface area contributed by atoms with E-state index in [1.165, 1.54) is 38.1 Å². The van der Waals surface area contributed by atoms with Crippen LogP contribution in [0.5, 0.6) is 0 Å². The van der Waals surface area contributed by atoms with Crippen molar-refractivity contribution in [2.75, 3.05) is 5.32 Å². The summed E-state index contributed by atoms with van der Waals surface area (Å²) < 4.78 is 5.18. The molecule has 6 heteroatoms. The number of ether oxygens (including phenoxy) is 1. The number of nitrogens with one attached hydrogen (secondary N) is 1. The van der Waals surface area contributed by atoms with Gasteiger partial charge in [0.1, 0.15) is 0 Å². The molecule has 2 rings (SSSR count). The highest BCUT2D eigenvalue weighted by molar-refractivity contribution is 6.01. The minimum absolute atomic E-state index is 0.205. The van der Waals surface area contributed by atoms with E-state index >= 15 is 0 Å². The Bertz CT molecular complexity index is 833. The van der Waals surface area contributed by atoms with Crippen molar-refractivity contribution in [1.82, 2.24) is 0 Å². The summed E-state index contributed by atoms with van der Waals surface area (Å²) in [5.74, 6) is -1.19. The molecule has 0 fully saturated rings. The van der Waals surface area contributed by atoms with Crippen LogP contribution in [0.3, 0.4) is 0 Å². The first-order valence-corrected chi connectivity index (χ1v) is 7.53. The Kier molecular flexibility index (Phi) is 5.64. The number of esters is 1. The minimum Gasteiger partial charge on any atom is -0.451 e. The predicted octanol–water partition coefficient (Wildman–Crippen LogP) is 2.94. The highest BCUT2D eigenvalue weighted by Crippen LogP contribution is 2.14. The van der Waals surface area contributed by atoms with Crippen molar-refractivity contribution in [2.45, 2.75) is 20.0 Å². The average Bonchev–Trinajstić information content (AvgIpc) is 2.61. The number of nitriles is 1. The fourth-order valence-corrected chi connectivity index (χ4v) is 2.12. The molecule has 2 aromatic rings. The van der Waals surface area contributed by atoms with Crippen LogP contribution in [0.2, 0.25) is 0 Å². The van der Waals surface area contributed by atoms with Crippen molar-refractivity contribution in [3.8, 4) is 6.07 Å². The van der Waals surface area contributed by atoms with Crippen molar-refractivity contribution in [3.63, 3.8) is 0 Å². The van der Waals surface area contributed by atoms with E-state index in [2.05, 4.69) is 5.32 Å². The number of hydrogen-bond acceptors (Lipinski definition) is 5. The van der Waals surface area contributed by atoms with Crippen LogP contribution < -0.4 is 5.32 Å². The van der Waals surface area contributed by atoms with Gasteiger partial charge in [0, 0.05) is 18.2 Å². The fourth-order valence-electron chi connectivity index (χ4n) is 2.12. The zero-order chi connectivity index (χ0) is 18.4. The van der Waals surface area contributed by atoms with Gasteiger partial charge < -0.3 is 10.1 Å². The molecule has 0 bridgehead atoms. The summed E-state index contributed by atoms with van der Waals surface area (Å²) in [6.45, 7) is 2.88. The van der Waals surface area contributed by atoms with Crippen LogP contribution in [0, 0.1) is 11.3 Å². The smallest absolute Gasteiger partial charge is 0.338 e. The second kappa shape index (κ2) is 7.88. The van der Waals surface area contributed by atoms with E-state index in [1.807, 2.05) is 6.07 Å². The van der Waals surface area contributed by atoms with Crippen molar-refractivity contribution in [3.05, 3.63) is 65.2 Å². The largest absolute Gasteiger partial charge is 0.451 e. The van der Waals surface area contributed by atoms with Crippen molar-refractivity contribution < 1.29 is 19.1 Å². The molecule has 0 saturated carbocycles. The molecule has 6 nitrogen and oxygen atoms in total. The summed E-state index contributed by atoms with van der Waals surface area (Å²) >= 11 is 0. The second-order valence-corrected chi connectivity index (χ2v) is 5.36. The Labute approximate surface area is 145 Å². The highest BCUT2D eigenvalue weighted by atomic mass is 16.5. The number of carbonyl (C=O) groups excluding carboxylic acids is 3. The topological polar surface area (TPSA) is 96.3 Å². The lowest BCUT2D eigenvalue weighted by Gasteiger charge is -2.13. The number of nitrogens with zero attached hydrogens (tertiary/aromatic N) is 1. The molecule has 0 unspecified atom stereocenters. The monoisotopic (exact) mass is 336 g/mol. The summed E-state index contributed by atoms with van der Waals surface area (Å²) in [6.07, 6.45) is -0.963. The van der Waals surface area contributed by atoms with E-state index in [0.29, 0.717) is 16.8 Å². The Morgan fingerprint density at radius 3 is 2.08 bits per heavy atom.